The molecule has 1 aliphatic carbocycles. The van der Waals surface area contributed by atoms with Gasteiger partial charge in [0.2, 0.25) is 5.91 Å². The number of carbonyl (C=O) groups excluding carboxylic acids is 3. The Labute approximate surface area is 139 Å². The van der Waals surface area contributed by atoms with Gasteiger partial charge in [0, 0.05) is 32.2 Å². The lowest BCUT2D eigenvalue weighted by molar-refractivity contribution is -0.122. The molecule has 1 aliphatic heterocycles. The molecule has 0 unspecified atom stereocenters. The summed E-state index contributed by atoms with van der Waals surface area (Å²) in [5, 5.41) is 2.98. The van der Waals surface area contributed by atoms with Gasteiger partial charge >= 0.3 is 0 Å². The minimum absolute atomic E-state index is 0.0134. The van der Waals surface area contributed by atoms with Crippen LogP contribution in [-0.2, 0) is 4.79 Å². The predicted octanol–water partition coefficient (Wildman–Crippen LogP) is 0.987. The lowest BCUT2D eigenvalue weighted by Gasteiger charge is -2.34. The molecule has 1 aromatic heterocycles. The van der Waals surface area contributed by atoms with Crippen molar-refractivity contribution in [1.82, 2.24) is 15.1 Å². The Morgan fingerprint density at radius 3 is 2.35 bits per heavy atom. The molecule has 7 heteroatoms. The van der Waals surface area contributed by atoms with E-state index < -0.39 is 0 Å². The standard InChI is InChI=1S/C16H21N3O3S/c1-11(20)13-4-5-14(23-13)16(22)19-8-6-18(7-9-19)10-15(21)17-12-2-3-12/h4-5,12H,2-3,6-10H2,1H3,(H,17,21). The van der Waals surface area contributed by atoms with Gasteiger partial charge in [0.1, 0.15) is 0 Å². The van der Waals surface area contributed by atoms with Gasteiger partial charge in [0.05, 0.1) is 16.3 Å². The van der Waals surface area contributed by atoms with E-state index in [-0.39, 0.29) is 17.6 Å². The number of Topliss-reactive ketones (excluding diaryl/α,β-unsaturated/α-hetero) is 1. The molecule has 23 heavy (non-hydrogen) atoms. The summed E-state index contributed by atoms with van der Waals surface area (Å²) in [6.07, 6.45) is 2.19. The van der Waals surface area contributed by atoms with Crippen LogP contribution < -0.4 is 5.32 Å². The predicted molar refractivity (Wildman–Crippen MR) is 87.8 cm³/mol. The van der Waals surface area contributed by atoms with Crippen molar-refractivity contribution < 1.29 is 14.4 Å². The third-order valence-electron chi connectivity index (χ3n) is 4.13. The van der Waals surface area contributed by atoms with Crippen molar-refractivity contribution in [3.63, 3.8) is 0 Å². The molecule has 0 aromatic carbocycles. The molecule has 0 bridgehead atoms. The largest absolute Gasteiger partial charge is 0.352 e. The third kappa shape index (κ3) is 4.17. The number of ketones is 1. The van der Waals surface area contributed by atoms with Gasteiger partial charge in [-0.15, -0.1) is 11.3 Å². The minimum atomic E-state index is -0.0235. The number of hydrogen-bond donors (Lipinski definition) is 1. The van der Waals surface area contributed by atoms with E-state index >= 15 is 0 Å². The summed E-state index contributed by atoms with van der Waals surface area (Å²) in [4.78, 5) is 40.7. The van der Waals surface area contributed by atoms with Crippen LogP contribution in [0.1, 0.15) is 39.1 Å². The molecule has 1 aromatic rings. The number of piperazine rings is 1. The van der Waals surface area contributed by atoms with E-state index in [1.165, 1.54) is 18.3 Å². The van der Waals surface area contributed by atoms with Crippen LogP contribution in [0.5, 0.6) is 0 Å². The van der Waals surface area contributed by atoms with Crippen LogP contribution in [0.2, 0.25) is 0 Å². The highest BCUT2D eigenvalue weighted by molar-refractivity contribution is 7.15. The number of carbonyl (C=O) groups is 3. The van der Waals surface area contributed by atoms with Gasteiger partial charge in [0.25, 0.3) is 5.91 Å². The maximum absolute atomic E-state index is 12.4. The molecule has 0 spiro atoms. The summed E-state index contributed by atoms with van der Waals surface area (Å²) in [5.41, 5.74) is 0. The molecule has 2 fully saturated rings. The monoisotopic (exact) mass is 335 g/mol. The van der Waals surface area contributed by atoms with Crippen LogP contribution in [0.25, 0.3) is 0 Å². The first-order valence-electron chi connectivity index (χ1n) is 7.94. The van der Waals surface area contributed by atoms with Gasteiger partial charge < -0.3 is 10.2 Å². The quantitative estimate of drug-likeness (QED) is 0.815. The highest BCUT2D eigenvalue weighted by Gasteiger charge is 2.27. The Kier molecular flexibility index (Phi) is 4.77. The number of rotatable bonds is 5. The second-order valence-corrected chi connectivity index (χ2v) is 7.21. The minimum Gasteiger partial charge on any atom is -0.352 e. The van der Waals surface area contributed by atoms with Crippen molar-refractivity contribution in [2.75, 3.05) is 32.7 Å². The van der Waals surface area contributed by atoms with Gasteiger partial charge in [-0.2, -0.15) is 0 Å². The second-order valence-electron chi connectivity index (χ2n) is 6.13. The first kappa shape index (κ1) is 16.1. The Bertz CT molecular complexity index is 616. The molecule has 6 nitrogen and oxygen atoms in total. The van der Waals surface area contributed by atoms with E-state index in [9.17, 15) is 14.4 Å². The van der Waals surface area contributed by atoms with Gasteiger partial charge in [-0.3, -0.25) is 19.3 Å². The second kappa shape index (κ2) is 6.80. The van der Waals surface area contributed by atoms with Crippen molar-refractivity contribution in [2.24, 2.45) is 0 Å². The fraction of sp³-hybridized carbons (Fsp3) is 0.562. The number of nitrogens with one attached hydrogen (secondary N) is 1. The first-order valence-corrected chi connectivity index (χ1v) is 8.76. The summed E-state index contributed by atoms with van der Waals surface area (Å²) >= 11 is 1.25. The van der Waals surface area contributed by atoms with Crippen LogP contribution in [0.15, 0.2) is 12.1 Å². The van der Waals surface area contributed by atoms with Gasteiger partial charge in [-0.1, -0.05) is 0 Å². The van der Waals surface area contributed by atoms with Gasteiger partial charge in [-0.25, -0.2) is 0 Å². The van der Waals surface area contributed by atoms with Gasteiger partial charge in [-0.05, 0) is 31.9 Å². The maximum Gasteiger partial charge on any atom is 0.264 e. The fourth-order valence-electron chi connectivity index (χ4n) is 2.61. The zero-order valence-electron chi connectivity index (χ0n) is 13.2. The number of thiophene rings is 1. The van der Waals surface area contributed by atoms with Crippen molar-refractivity contribution in [1.29, 1.82) is 0 Å². The summed E-state index contributed by atoms with van der Waals surface area (Å²) in [6, 6.07) is 3.82. The smallest absolute Gasteiger partial charge is 0.264 e. The fourth-order valence-corrected chi connectivity index (χ4v) is 3.48. The number of nitrogens with zero attached hydrogens (tertiary/aromatic N) is 2. The molecule has 0 radical (unpaired) electrons. The lowest BCUT2D eigenvalue weighted by Crippen LogP contribution is -2.51. The third-order valence-corrected chi connectivity index (χ3v) is 5.31. The molecule has 3 rings (SSSR count). The normalized spacial score (nSPS) is 18.7. The molecule has 2 aliphatic rings. The van der Waals surface area contributed by atoms with Crippen LogP contribution in [0, 0.1) is 0 Å². The summed E-state index contributed by atoms with van der Waals surface area (Å²) in [6.45, 7) is 4.55. The average molecular weight is 335 g/mol. The Morgan fingerprint density at radius 2 is 1.78 bits per heavy atom. The summed E-state index contributed by atoms with van der Waals surface area (Å²) in [5.74, 6) is 0.0433. The molecular formula is C16H21N3O3S. The Balaban J connectivity index is 1.48. The Hall–Kier alpha value is -1.73. The van der Waals surface area contributed by atoms with Crippen molar-refractivity contribution in [3.8, 4) is 0 Å². The molecule has 2 heterocycles. The molecule has 1 saturated heterocycles. The van der Waals surface area contributed by atoms with Crippen LogP contribution in [0.4, 0.5) is 0 Å². The molecule has 1 saturated carbocycles. The lowest BCUT2D eigenvalue weighted by atomic mass is 10.3. The highest BCUT2D eigenvalue weighted by atomic mass is 32.1. The topological polar surface area (TPSA) is 69.7 Å². The first-order chi connectivity index (χ1) is 11.0. The van der Waals surface area contributed by atoms with Crippen molar-refractivity contribution in [2.45, 2.75) is 25.8 Å². The van der Waals surface area contributed by atoms with Crippen molar-refractivity contribution in [3.05, 3.63) is 21.9 Å². The van der Waals surface area contributed by atoms with E-state index in [4.69, 9.17) is 0 Å². The molecule has 1 N–H and O–H groups in total. The van der Waals surface area contributed by atoms with Crippen LogP contribution in [-0.4, -0.2) is 66.2 Å². The zero-order chi connectivity index (χ0) is 16.4. The molecular weight excluding hydrogens is 314 g/mol. The molecule has 124 valence electrons. The number of amides is 2. The summed E-state index contributed by atoms with van der Waals surface area (Å²) < 4.78 is 0. The van der Waals surface area contributed by atoms with Gasteiger partial charge in [0.15, 0.2) is 5.78 Å². The van der Waals surface area contributed by atoms with Crippen LogP contribution >= 0.6 is 11.3 Å². The Morgan fingerprint density at radius 1 is 1.13 bits per heavy atom. The maximum atomic E-state index is 12.4. The van der Waals surface area contributed by atoms with E-state index in [1.807, 2.05) is 0 Å². The van der Waals surface area contributed by atoms with E-state index in [2.05, 4.69) is 10.2 Å². The van der Waals surface area contributed by atoms with Crippen LogP contribution in [0.3, 0.4) is 0 Å². The highest BCUT2D eigenvalue weighted by Crippen LogP contribution is 2.20. The molecule has 2 amide bonds. The van der Waals surface area contributed by atoms with E-state index in [0.29, 0.717) is 48.5 Å². The SMILES string of the molecule is CC(=O)c1ccc(C(=O)N2CCN(CC(=O)NC3CC3)CC2)s1. The molecule has 0 atom stereocenters. The van der Waals surface area contributed by atoms with Crippen molar-refractivity contribution >= 4 is 28.9 Å². The number of hydrogen-bond acceptors (Lipinski definition) is 5. The van der Waals surface area contributed by atoms with E-state index in [0.717, 1.165) is 12.8 Å². The van der Waals surface area contributed by atoms with E-state index in [1.54, 1.807) is 17.0 Å². The zero-order valence-corrected chi connectivity index (χ0v) is 14.0. The average Bonchev–Trinajstić information content (AvgIpc) is 3.18. The summed E-state index contributed by atoms with van der Waals surface area (Å²) in [7, 11) is 0.